The van der Waals surface area contributed by atoms with E-state index in [4.69, 9.17) is 20.8 Å². The van der Waals surface area contributed by atoms with Crippen molar-refractivity contribution in [1.82, 2.24) is 0 Å². The van der Waals surface area contributed by atoms with Crippen LogP contribution in [0.2, 0.25) is 5.22 Å². The summed E-state index contributed by atoms with van der Waals surface area (Å²) in [5, 5.41) is 3.73. The van der Waals surface area contributed by atoms with E-state index in [9.17, 15) is 0 Å². The lowest BCUT2D eigenvalue weighted by Crippen LogP contribution is -2.12. The van der Waals surface area contributed by atoms with Crippen LogP contribution in [0.4, 0.5) is 5.69 Å². The topological polar surface area (TPSA) is 34.4 Å². The number of furan rings is 1. The van der Waals surface area contributed by atoms with Crippen molar-refractivity contribution in [1.29, 1.82) is 0 Å². The molecule has 2 rings (SSSR count). The Bertz CT molecular complexity index is 584. The summed E-state index contributed by atoms with van der Waals surface area (Å²) in [6, 6.07) is 9.78. The van der Waals surface area contributed by atoms with Crippen LogP contribution in [0.15, 0.2) is 34.7 Å². The fraction of sp³-hybridized carbons (Fsp3) is 0.375. The lowest BCUT2D eigenvalue weighted by molar-refractivity contribution is 0.415. The Balaban J connectivity index is 2.20. The van der Waals surface area contributed by atoms with E-state index in [1.165, 1.54) is 5.56 Å². The van der Waals surface area contributed by atoms with Crippen molar-refractivity contribution in [3.63, 3.8) is 0 Å². The third kappa shape index (κ3) is 3.48. The number of ether oxygens (including phenoxy) is 1. The predicted octanol–water partition coefficient (Wildman–Crippen LogP) is 4.85. The Morgan fingerprint density at radius 3 is 2.50 bits per heavy atom. The highest BCUT2D eigenvalue weighted by atomic mass is 35.5. The number of benzene rings is 1. The largest absolute Gasteiger partial charge is 0.495 e. The summed E-state index contributed by atoms with van der Waals surface area (Å²) in [6.07, 6.45) is 0. The van der Waals surface area contributed by atoms with E-state index in [0.29, 0.717) is 11.8 Å². The van der Waals surface area contributed by atoms with Crippen molar-refractivity contribution < 1.29 is 9.15 Å². The number of methoxy groups -OCH3 is 1. The first-order valence-electron chi connectivity index (χ1n) is 6.57. The van der Waals surface area contributed by atoms with Gasteiger partial charge in [-0.15, -0.1) is 0 Å². The number of nitrogens with one attached hydrogen (secondary N) is 1. The van der Waals surface area contributed by atoms with Crippen LogP contribution in [0.5, 0.6) is 5.75 Å². The smallest absolute Gasteiger partial charge is 0.193 e. The van der Waals surface area contributed by atoms with E-state index in [2.05, 4.69) is 38.2 Å². The third-order valence-electron chi connectivity index (χ3n) is 3.15. The zero-order valence-corrected chi connectivity index (χ0v) is 13.0. The van der Waals surface area contributed by atoms with Crippen molar-refractivity contribution >= 4 is 17.3 Å². The molecule has 0 amide bonds. The second kappa shape index (κ2) is 5.80. The van der Waals surface area contributed by atoms with E-state index < -0.39 is 0 Å². The highest BCUT2D eigenvalue weighted by molar-refractivity contribution is 6.28. The average Bonchev–Trinajstić information content (AvgIpc) is 2.80. The zero-order chi connectivity index (χ0) is 14.8. The van der Waals surface area contributed by atoms with Crippen LogP contribution in [0, 0.1) is 0 Å². The first-order chi connectivity index (χ1) is 9.40. The monoisotopic (exact) mass is 293 g/mol. The summed E-state index contributed by atoms with van der Waals surface area (Å²) in [5.74, 6) is 1.61. The first kappa shape index (κ1) is 14.8. The molecule has 1 aromatic carbocycles. The third-order valence-corrected chi connectivity index (χ3v) is 3.35. The van der Waals surface area contributed by atoms with Gasteiger partial charge in [-0.2, -0.15) is 0 Å². The van der Waals surface area contributed by atoms with E-state index in [1.807, 2.05) is 12.1 Å². The molecule has 0 saturated carbocycles. The van der Waals surface area contributed by atoms with Gasteiger partial charge < -0.3 is 14.5 Å². The van der Waals surface area contributed by atoms with Gasteiger partial charge in [-0.25, -0.2) is 0 Å². The second-order valence-electron chi connectivity index (χ2n) is 5.72. The van der Waals surface area contributed by atoms with Gasteiger partial charge in [0, 0.05) is 0 Å². The van der Waals surface area contributed by atoms with Crippen LogP contribution in [-0.4, -0.2) is 7.11 Å². The molecule has 0 radical (unpaired) electrons. The number of anilines is 1. The Hall–Kier alpha value is -1.61. The van der Waals surface area contributed by atoms with Crippen molar-refractivity contribution in [3.05, 3.63) is 46.9 Å². The molecule has 3 nitrogen and oxygen atoms in total. The minimum absolute atomic E-state index is 0.0939. The predicted molar refractivity (Wildman–Crippen MR) is 82.7 cm³/mol. The minimum atomic E-state index is 0.0939. The SMILES string of the molecule is COc1ccc(C(C)(C)C)cc1NCc1ccc(Cl)o1. The Labute approximate surface area is 124 Å². The van der Waals surface area contributed by atoms with Gasteiger partial charge >= 0.3 is 0 Å². The first-order valence-corrected chi connectivity index (χ1v) is 6.94. The summed E-state index contributed by atoms with van der Waals surface area (Å²) in [5.41, 5.74) is 2.29. The molecule has 0 unspecified atom stereocenters. The van der Waals surface area contributed by atoms with Gasteiger partial charge in [-0.05, 0) is 46.8 Å². The molecule has 0 saturated heterocycles. The number of hydrogen-bond donors (Lipinski definition) is 1. The molecule has 20 heavy (non-hydrogen) atoms. The highest BCUT2D eigenvalue weighted by Gasteiger charge is 2.16. The molecule has 2 aromatic rings. The van der Waals surface area contributed by atoms with Gasteiger partial charge in [0.25, 0.3) is 0 Å². The molecule has 0 aliphatic rings. The van der Waals surface area contributed by atoms with Crippen LogP contribution in [0.3, 0.4) is 0 Å². The lowest BCUT2D eigenvalue weighted by atomic mass is 9.87. The fourth-order valence-corrected chi connectivity index (χ4v) is 2.10. The molecular weight excluding hydrogens is 274 g/mol. The van der Waals surface area contributed by atoms with E-state index in [0.717, 1.165) is 17.2 Å². The number of hydrogen-bond acceptors (Lipinski definition) is 3. The Morgan fingerprint density at radius 1 is 1.20 bits per heavy atom. The van der Waals surface area contributed by atoms with E-state index in [1.54, 1.807) is 13.2 Å². The average molecular weight is 294 g/mol. The van der Waals surface area contributed by atoms with Crippen molar-refractivity contribution in [2.45, 2.75) is 32.7 Å². The lowest BCUT2D eigenvalue weighted by Gasteiger charge is -2.21. The zero-order valence-electron chi connectivity index (χ0n) is 12.3. The molecule has 4 heteroatoms. The standard InChI is InChI=1S/C16H20ClNO2/c1-16(2,3)11-5-7-14(19-4)13(9-11)18-10-12-6-8-15(17)20-12/h5-9,18H,10H2,1-4H3. The maximum absolute atomic E-state index is 5.77. The molecule has 0 spiro atoms. The molecular formula is C16H20ClNO2. The van der Waals surface area contributed by atoms with E-state index >= 15 is 0 Å². The molecule has 1 heterocycles. The second-order valence-corrected chi connectivity index (χ2v) is 6.10. The molecule has 1 aromatic heterocycles. The molecule has 0 aliphatic carbocycles. The van der Waals surface area contributed by atoms with E-state index in [-0.39, 0.29) is 5.41 Å². The fourth-order valence-electron chi connectivity index (χ4n) is 1.94. The van der Waals surface area contributed by atoms with Gasteiger partial charge in [0.2, 0.25) is 0 Å². The quantitative estimate of drug-likeness (QED) is 0.875. The van der Waals surface area contributed by atoms with Gasteiger partial charge in [0.15, 0.2) is 5.22 Å². The van der Waals surface area contributed by atoms with Gasteiger partial charge in [-0.3, -0.25) is 0 Å². The Morgan fingerprint density at radius 2 is 1.95 bits per heavy atom. The van der Waals surface area contributed by atoms with Gasteiger partial charge in [0.05, 0.1) is 19.3 Å². The summed E-state index contributed by atoms with van der Waals surface area (Å²) in [7, 11) is 1.67. The van der Waals surface area contributed by atoms with Crippen LogP contribution >= 0.6 is 11.6 Å². The molecule has 0 bridgehead atoms. The maximum Gasteiger partial charge on any atom is 0.193 e. The minimum Gasteiger partial charge on any atom is -0.495 e. The summed E-state index contributed by atoms with van der Waals surface area (Å²) < 4.78 is 10.7. The van der Waals surface area contributed by atoms with Crippen molar-refractivity contribution in [3.8, 4) is 5.75 Å². The summed E-state index contributed by atoms with van der Waals surface area (Å²) >= 11 is 5.77. The van der Waals surface area contributed by atoms with Crippen LogP contribution in [0.25, 0.3) is 0 Å². The Kier molecular flexibility index (Phi) is 4.29. The molecule has 0 aliphatic heterocycles. The van der Waals surface area contributed by atoms with Gasteiger partial charge in [0.1, 0.15) is 11.5 Å². The van der Waals surface area contributed by atoms with Gasteiger partial charge in [-0.1, -0.05) is 26.8 Å². The molecule has 0 atom stereocenters. The summed E-state index contributed by atoms with van der Waals surface area (Å²) in [6.45, 7) is 7.12. The normalized spacial score (nSPS) is 11.4. The summed E-state index contributed by atoms with van der Waals surface area (Å²) in [4.78, 5) is 0. The van der Waals surface area contributed by atoms with Crippen LogP contribution < -0.4 is 10.1 Å². The molecule has 0 fully saturated rings. The number of rotatable bonds is 4. The van der Waals surface area contributed by atoms with Crippen LogP contribution in [-0.2, 0) is 12.0 Å². The van der Waals surface area contributed by atoms with Crippen molar-refractivity contribution in [2.75, 3.05) is 12.4 Å². The molecule has 1 N–H and O–H groups in total. The van der Waals surface area contributed by atoms with Crippen molar-refractivity contribution in [2.24, 2.45) is 0 Å². The van der Waals surface area contributed by atoms with Crippen LogP contribution in [0.1, 0.15) is 32.1 Å². The maximum atomic E-state index is 5.77. The highest BCUT2D eigenvalue weighted by Crippen LogP contribution is 2.31. The number of halogens is 1. The molecule has 108 valence electrons.